The fourth-order valence-electron chi connectivity index (χ4n) is 0.362. The predicted molar refractivity (Wildman–Crippen MR) is 46.4 cm³/mol. The van der Waals surface area contributed by atoms with E-state index in [0.29, 0.717) is 12.5 Å². The van der Waals surface area contributed by atoms with Crippen molar-refractivity contribution in [2.24, 2.45) is 5.92 Å². The molecule has 0 radical (unpaired) electrons. The summed E-state index contributed by atoms with van der Waals surface area (Å²) >= 11 is 4.70. The minimum Gasteiger partial charge on any atom is -0.334 e. The van der Waals surface area contributed by atoms with E-state index in [1.165, 1.54) is 7.11 Å². The molecule has 0 aliphatic heterocycles. The molecule has 0 spiro atoms. The first-order valence-electron chi connectivity index (χ1n) is 3.11. The lowest BCUT2D eigenvalue weighted by molar-refractivity contribution is 0.371. The molecule has 0 fully saturated rings. The second-order valence-corrected chi connectivity index (χ2v) is 5.67. The van der Waals surface area contributed by atoms with E-state index in [-0.39, 0.29) is 0 Å². The Morgan fingerprint density at radius 1 is 1.70 bits per heavy atom. The summed E-state index contributed by atoms with van der Waals surface area (Å²) in [7, 11) is 1.41. The largest absolute Gasteiger partial charge is 0.334 e. The van der Waals surface area contributed by atoms with Gasteiger partial charge in [0, 0.05) is 13.7 Å². The zero-order valence-corrected chi connectivity index (χ0v) is 8.21. The Hall–Kier alpha value is 0.530. The van der Waals surface area contributed by atoms with Gasteiger partial charge in [-0.05, 0) is 17.7 Å². The van der Waals surface area contributed by atoms with E-state index in [1.54, 1.807) is 0 Å². The van der Waals surface area contributed by atoms with E-state index in [4.69, 9.17) is 16.7 Å². The molecule has 5 heteroatoms. The zero-order chi connectivity index (χ0) is 8.20. The minimum atomic E-state index is -2.64. The summed E-state index contributed by atoms with van der Waals surface area (Å²) in [5.74, 6) is 0.477. The van der Waals surface area contributed by atoms with Crippen LogP contribution in [0.3, 0.4) is 0 Å². The van der Waals surface area contributed by atoms with Crippen molar-refractivity contribution in [1.29, 1.82) is 0 Å². The van der Waals surface area contributed by atoms with E-state index >= 15 is 0 Å². The fraction of sp³-hybridized carbons (Fsp3) is 1.00. The lowest BCUT2D eigenvalue weighted by Gasteiger charge is -2.15. The molecule has 0 aromatic carbocycles. The lowest BCUT2D eigenvalue weighted by atomic mass is 10.2. The Bertz CT molecular complexity index is 140. The molecule has 1 atom stereocenters. The van der Waals surface area contributed by atoms with Gasteiger partial charge in [-0.3, -0.25) is 0 Å². The average Bonchev–Trinajstić information content (AvgIpc) is 1.85. The van der Waals surface area contributed by atoms with Gasteiger partial charge in [-0.2, -0.15) is 0 Å². The van der Waals surface area contributed by atoms with Crippen molar-refractivity contribution in [1.82, 2.24) is 5.09 Å². The van der Waals surface area contributed by atoms with Gasteiger partial charge >= 0.3 is 0 Å². The van der Waals surface area contributed by atoms with Crippen LogP contribution in [0.5, 0.6) is 0 Å². The summed E-state index contributed by atoms with van der Waals surface area (Å²) in [5, 5.41) is 2.77. The van der Waals surface area contributed by atoms with Gasteiger partial charge < -0.3 is 9.42 Å². The second-order valence-electron chi connectivity index (χ2n) is 2.46. The maximum absolute atomic E-state index is 9.16. The molecule has 0 bridgehead atoms. The molecule has 0 heterocycles. The zero-order valence-electron chi connectivity index (χ0n) is 6.50. The maximum Gasteiger partial charge on any atom is 0.258 e. The first-order valence-corrected chi connectivity index (χ1v) is 5.79. The number of hydrogen-bond acceptors (Lipinski definition) is 2. The third-order valence-electron chi connectivity index (χ3n) is 0.947. The predicted octanol–water partition coefficient (Wildman–Crippen LogP) is 1.10. The highest BCUT2D eigenvalue weighted by atomic mass is 32.5. The Labute approximate surface area is 67.0 Å². The molecule has 2 N–H and O–H groups in total. The molecule has 0 saturated carbocycles. The van der Waals surface area contributed by atoms with Crippen molar-refractivity contribution < 1.29 is 9.42 Å². The lowest BCUT2D eigenvalue weighted by Crippen LogP contribution is -2.16. The second kappa shape index (κ2) is 4.42. The quantitative estimate of drug-likeness (QED) is 0.640. The van der Waals surface area contributed by atoms with Crippen LogP contribution in [-0.2, 0) is 16.3 Å². The molecule has 3 nitrogen and oxygen atoms in total. The molecule has 0 rings (SSSR count). The number of hydrogen-bond donors (Lipinski definition) is 2. The summed E-state index contributed by atoms with van der Waals surface area (Å²) in [5.41, 5.74) is 0. The van der Waals surface area contributed by atoms with E-state index in [9.17, 15) is 0 Å². The average molecular weight is 183 g/mol. The first-order chi connectivity index (χ1) is 4.48. The van der Waals surface area contributed by atoms with Crippen LogP contribution in [-0.4, -0.2) is 18.5 Å². The normalized spacial score (nSPS) is 17.3. The van der Waals surface area contributed by atoms with Crippen molar-refractivity contribution in [3.63, 3.8) is 0 Å². The highest BCUT2D eigenvalue weighted by Gasteiger charge is 2.09. The van der Waals surface area contributed by atoms with Crippen LogP contribution < -0.4 is 5.09 Å². The molecule has 62 valence electrons. The Kier molecular flexibility index (Phi) is 4.65. The van der Waals surface area contributed by atoms with Crippen molar-refractivity contribution >= 4 is 18.4 Å². The molecular formula is C5H14NO2PS. The SMILES string of the molecule is COP(O)(=S)NCC(C)C. The van der Waals surface area contributed by atoms with Gasteiger partial charge in [0.15, 0.2) is 0 Å². The summed E-state index contributed by atoms with van der Waals surface area (Å²) in [6, 6.07) is 0. The number of nitrogens with one attached hydrogen (secondary N) is 1. The molecule has 0 amide bonds. The van der Waals surface area contributed by atoms with E-state index in [1.807, 2.05) is 13.8 Å². The van der Waals surface area contributed by atoms with Crippen LogP contribution in [0.15, 0.2) is 0 Å². The summed E-state index contributed by atoms with van der Waals surface area (Å²) in [6.45, 7) is 2.13. The van der Waals surface area contributed by atoms with E-state index < -0.39 is 6.64 Å². The van der Waals surface area contributed by atoms with Gasteiger partial charge in [0.25, 0.3) is 6.64 Å². The molecule has 0 aliphatic rings. The standard InChI is InChI=1S/C5H14NO2PS/c1-5(2)4-6-9(7,10)8-3/h5H,4H2,1-3H3,(H2,6,7,10). The van der Waals surface area contributed by atoms with Crippen LogP contribution in [0.2, 0.25) is 0 Å². The summed E-state index contributed by atoms with van der Waals surface area (Å²) < 4.78 is 4.66. The monoisotopic (exact) mass is 183 g/mol. The third-order valence-corrected chi connectivity index (χ3v) is 2.86. The Morgan fingerprint density at radius 3 is 2.50 bits per heavy atom. The smallest absolute Gasteiger partial charge is 0.258 e. The molecule has 0 aliphatic carbocycles. The van der Waals surface area contributed by atoms with Crippen LogP contribution >= 0.6 is 6.64 Å². The van der Waals surface area contributed by atoms with Gasteiger partial charge in [-0.15, -0.1) is 0 Å². The molecule has 0 aromatic heterocycles. The molecule has 0 aromatic rings. The van der Waals surface area contributed by atoms with E-state index in [2.05, 4.69) is 9.61 Å². The Morgan fingerprint density at radius 2 is 2.20 bits per heavy atom. The first kappa shape index (κ1) is 10.5. The van der Waals surface area contributed by atoms with Gasteiger partial charge in [0.1, 0.15) is 0 Å². The van der Waals surface area contributed by atoms with Gasteiger partial charge in [0.05, 0.1) is 0 Å². The Balaban J connectivity index is 3.58. The maximum atomic E-state index is 9.16. The topological polar surface area (TPSA) is 41.5 Å². The number of rotatable bonds is 4. The van der Waals surface area contributed by atoms with Crippen LogP contribution in [0.25, 0.3) is 0 Å². The summed E-state index contributed by atoms with van der Waals surface area (Å²) in [6.07, 6.45) is 0. The van der Waals surface area contributed by atoms with Crippen LogP contribution in [0.4, 0.5) is 0 Å². The van der Waals surface area contributed by atoms with Crippen LogP contribution in [0, 0.1) is 5.92 Å². The highest BCUT2D eigenvalue weighted by Crippen LogP contribution is 2.35. The highest BCUT2D eigenvalue weighted by molar-refractivity contribution is 8.08. The van der Waals surface area contributed by atoms with Crippen LogP contribution in [0.1, 0.15) is 13.8 Å². The molecular weight excluding hydrogens is 169 g/mol. The van der Waals surface area contributed by atoms with Crippen molar-refractivity contribution in [3.05, 3.63) is 0 Å². The van der Waals surface area contributed by atoms with E-state index in [0.717, 1.165) is 0 Å². The molecule has 1 unspecified atom stereocenters. The van der Waals surface area contributed by atoms with Crippen molar-refractivity contribution in [3.8, 4) is 0 Å². The minimum absolute atomic E-state index is 0.477. The van der Waals surface area contributed by atoms with Crippen molar-refractivity contribution in [2.45, 2.75) is 13.8 Å². The molecule has 10 heavy (non-hydrogen) atoms. The summed E-state index contributed by atoms with van der Waals surface area (Å²) in [4.78, 5) is 9.16. The van der Waals surface area contributed by atoms with Gasteiger partial charge in [-0.1, -0.05) is 13.8 Å². The molecule has 0 saturated heterocycles. The van der Waals surface area contributed by atoms with Gasteiger partial charge in [0.2, 0.25) is 0 Å². The van der Waals surface area contributed by atoms with Gasteiger partial charge in [-0.25, -0.2) is 5.09 Å². The third kappa shape index (κ3) is 5.33. The van der Waals surface area contributed by atoms with Crippen molar-refractivity contribution in [2.75, 3.05) is 13.7 Å². The fourth-order valence-corrected chi connectivity index (χ4v) is 1.31.